The number of aromatic nitrogens is 2. The highest BCUT2D eigenvalue weighted by Gasteiger charge is 2.46. The summed E-state index contributed by atoms with van der Waals surface area (Å²) in [5, 5.41) is 17.0. The third-order valence-electron chi connectivity index (χ3n) is 5.24. The molecule has 0 unspecified atom stereocenters. The number of nitrogens with one attached hydrogen (secondary N) is 3. The molecule has 0 spiro atoms. The van der Waals surface area contributed by atoms with Crippen LogP contribution in [0.2, 0.25) is 0 Å². The minimum absolute atomic E-state index is 0.0120. The number of fused-ring (bicyclic) bond motifs is 1. The van der Waals surface area contributed by atoms with Gasteiger partial charge in [0.15, 0.2) is 5.88 Å². The second-order valence-corrected chi connectivity index (χ2v) is 7.05. The molecule has 4 rings (SSSR count). The molecule has 1 saturated heterocycles. The van der Waals surface area contributed by atoms with Gasteiger partial charge < -0.3 is 24.7 Å². The van der Waals surface area contributed by atoms with Crippen molar-refractivity contribution in [2.24, 2.45) is 0 Å². The molecule has 0 radical (unpaired) electrons. The molecule has 3 aromatic rings. The lowest BCUT2D eigenvalue weighted by Crippen LogP contribution is -2.50. The fraction of sp³-hybridized carbons (Fsp3) is 0.250. The van der Waals surface area contributed by atoms with Crippen molar-refractivity contribution in [3.63, 3.8) is 0 Å². The molecule has 1 atom stereocenters. The fourth-order valence-corrected chi connectivity index (χ4v) is 3.66. The van der Waals surface area contributed by atoms with Gasteiger partial charge in [-0.1, -0.05) is 6.07 Å². The van der Waals surface area contributed by atoms with E-state index in [0.29, 0.717) is 16.7 Å². The number of hydrogen-bond donors (Lipinski definition) is 4. The quantitative estimate of drug-likeness (QED) is 0.467. The molecule has 3 heterocycles. The van der Waals surface area contributed by atoms with Gasteiger partial charge in [-0.05, 0) is 37.1 Å². The first-order valence-electron chi connectivity index (χ1n) is 9.08. The Bertz CT molecular complexity index is 1170. The lowest BCUT2D eigenvalue weighted by atomic mass is 9.91. The Balaban J connectivity index is 1.68. The van der Waals surface area contributed by atoms with Gasteiger partial charge in [-0.25, -0.2) is 4.79 Å². The Kier molecular flexibility index (Phi) is 4.50. The second-order valence-electron chi connectivity index (χ2n) is 7.05. The van der Waals surface area contributed by atoms with Gasteiger partial charge in [-0.15, -0.1) is 0 Å². The topological polar surface area (TPSA) is 125 Å². The first-order valence-corrected chi connectivity index (χ1v) is 9.08. The standard InChI is InChI=1S/C20H20N4O5/c1-29-14-5-4-13-10-24(17(26)15(13)9-14)11-20(18(27)22-19(28)23-20)7-6-12-3-2-8-21-16(12)25/h2-5,8-10,26H,6-7,11H2,1H3,(H,21,25)(H2,22,23,27,28)/t20-/m1/s1. The van der Waals surface area contributed by atoms with Crippen molar-refractivity contribution < 1.29 is 19.4 Å². The van der Waals surface area contributed by atoms with E-state index in [2.05, 4.69) is 15.6 Å². The summed E-state index contributed by atoms with van der Waals surface area (Å²) >= 11 is 0. The van der Waals surface area contributed by atoms with Crippen molar-refractivity contribution in [2.45, 2.75) is 24.9 Å². The van der Waals surface area contributed by atoms with Gasteiger partial charge in [-0.3, -0.25) is 14.9 Å². The minimum atomic E-state index is -1.30. The maximum absolute atomic E-state index is 12.6. The molecule has 2 aromatic heterocycles. The van der Waals surface area contributed by atoms with Crippen LogP contribution >= 0.6 is 0 Å². The van der Waals surface area contributed by atoms with Crippen molar-refractivity contribution in [1.82, 2.24) is 20.2 Å². The molecule has 150 valence electrons. The summed E-state index contributed by atoms with van der Waals surface area (Å²) in [6, 6.07) is 8.05. The average molecular weight is 396 g/mol. The van der Waals surface area contributed by atoms with E-state index >= 15 is 0 Å². The molecular formula is C20H20N4O5. The van der Waals surface area contributed by atoms with Crippen LogP contribution in [0.3, 0.4) is 0 Å². The first kappa shape index (κ1) is 18.6. The highest BCUT2D eigenvalue weighted by atomic mass is 16.5. The van der Waals surface area contributed by atoms with Gasteiger partial charge in [0.05, 0.1) is 13.7 Å². The smallest absolute Gasteiger partial charge is 0.322 e. The van der Waals surface area contributed by atoms with Crippen molar-refractivity contribution in [2.75, 3.05) is 7.11 Å². The summed E-state index contributed by atoms with van der Waals surface area (Å²) in [6.45, 7) is 0.0120. The van der Waals surface area contributed by atoms with Gasteiger partial charge in [0.1, 0.15) is 11.3 Å². The van der Waals surface area contributed by atoms with Gasteiger partial charge in [0, 0.05) is 28.7 Å². The third-order valence-corrected chi connectivity index (χ3v) is 5.24. The molecule has 1 aromatic carbocycles. The Morgan fingerprint density at radius 2 is 2.03 bits per heavy atom. The number of rotatable bonds is 6. The van der Waals surface area contributed by atoms with Crippen molar-refractivity contribution >= 4 is 22.7 Å². The van der Waals surface area contributed by atoms with Gasteiger partial charge in [-0.2, -0.15) is 0 Å². The van der Waals surface area contributed by atoms with Crippen LogP contribution in [0.25, 0.3) is 10.8 Å². The highest BCUT2D eigenvalue weighted by molar-refractivity contribution is 6.07. The van der Waals surface area contributed by atoms with Crippen molar-refractivity contribution in [3.8, 4) is 11.6 Å². The largest absolute Gasteiger partial charge is 0.497 e. The Hall–Kier alpha value is -3.75. The maximum atomic E-state index is 12.6. The average Bonchev–Trinajstić information content (AvgIpc) is 3.16. The van der Waals surface area contributed by atoms with E-state index in [4.69, 9.17) is 4.74 Å². The van der Waals surface area contributed by atoms with Crippen LogP contribution in [0.4, 0.5) is 4.79 Å². The van der Waals surface area contributed by atoms with Crippen LogP contribution in [-0.2, 0) is 17.8 Å². The SMILES string of the molecule is COc1ccc2cn(C[C@@]3(CCc4ccc[nH]c4=O)NC(=O)NC3=O)c(O)c2c1. The zero-order chi connectivity index (χ0) is 20.6. The Morgan fingerprint density at radius 3 is 2.72 bits per heavy atom. The van der Waals surface area contributed by atoms with E-state index in [1.807, 2.05) is 0 Å². The molecule has 0 bridgehead atoms. The zero-order valence-electron chi connectivity index (χ0n) is 15.7. The summed E-state index contributed by atoms with van der Waals surface area (Å²) in [4.78, 5) is 39.1. The monoisotopic (exact) mass is 396 g/mol. The summed E-state index contributed by atoms with van der Waals surface area (Å²) in [5.41, 5.74) is -1.03. The number of carbonyl (C=O) groups excluding carboxylic acids is 2. The van der Waals surface area contributed by atoms with Crippen LogP contribution in [0.1, 0.15) is 12.0 Å². The fourth-order valence-electron chi connectivity index (χ4n) is 3.66. The van der Waals surface area contributed by atoms with E-state index in [-0.39, 0.29) is 30.8 Å². The molecule has 0 saturated carbocycles. The zero-order valence-corrected chi connectivity index (χ0v) is 15.7. The van der Waals surface area contributed by atoms with E-state index in [0.717, 1.165) is 5.39 Å². The number of methoxy groups -OCH3 is 1. The molecule has 3 amide bonds. The van der Waals surface area contributed by atoms with E-state index in [9.17, 15) is 19.5 Å². The number of aryl methyl sites for hydroxylation is 1. The summed E-state index contributed by atoms with van der Waals surface area (Å²) in [7, 11) is 1.54. The van der Waals surface area contributed by atoms with Crippen LogP contribution in [0.15, 0.2) is 47.5 Å². The van der Waals surface area contributed by atoms with Gasteiger partial charge >= 0.3 is 6.03 Å². The van der Waals surface area contributed by atoms with E-state index in [1.165, 1.54) is 17.9 Å². The molecular weight excluding hydrogens is 376 g/mol. The second kappa shape index (κ2) is 7.01. The summed E-state index contributed by atoms with van der Waals surface area (Å²) in [5.74, 6) is 0.0601. The molecule has 4 N–H and O–H groups in total. The molecule has 9 heteroatoms. The van der Waals surface area contributed by atoms with Crippen molar-refractivity contribution in [1.29, 1.82) is 0 Å². The van der Waals surface area contributed by atoms with E-state index in [1.54, 1.807) is 36.5 Å². The molecule has 9 nitrogen and oxygen atoms in total. The predicted octanol–water partition coefficient (Wildman–Crippen LogP) is 1.25. The number of benzene rings is 1. The van der Waals surface area contributed by atoms with Crippen LogP contribution in [0, 0.1) is 0 Å². The number of pyridine rings is 1. The first-order chi connectivity index (χ1) is 13.9. The number of carbonyl (C=O) groups is 2. The number of imide groups is 1. The molecule has 1 aliphatic rings. The number of urea groups is 1. The van der Waals surface area contributed by atoms with Crippen LogP contribution in [0.5, 0.6) is 11.6 Å². The lowest BCUT2D eigenvalue weighted by molar-refractivity contribution is -0.124. The van der Waals surface area contributed by atoms with Crippen molar-refractivity contribution in [3.05, 3.63) is 58.6 Å². The predicted molar refractivity (Wildman–Crippen MR) is 105 cm³/mol. The summed E-state index contributed by atoms with van der Waals surface area (Å²) < 4.78 is 6.71. The van der Waals surface area contributed by atoms with Gasteiger partial charge in [0.2, 0.25) is 0 Å². The van der Waals surface area contributed by atoms with Crippen LogP contribution < -0.4 is 20.9 Å². The van der Waals surface area contributed by atoms with Crippen LogP contribution in [-0.4, -0.2) is 39.2 Å². The van der Waals surface area contributed by atoms with Gasteiger partial charge in [0.25, 0.3) is 11.5 Å². The summed E-state index contributed by atoms with van der Waals surface area (Å²) in [6.07, 6.45) is 3.70. The number of ether oxygens (including phenoxy) is 1. The van der Waals surface area contributed by atoms with E-state index < -0.39 is 17.5 Å². The lowest BCUT2D eigenvalue weighted by Gasteiger charge is -2.26. The number of nitrogens with zero attached hydrogens (tertiary/aromatic N) is 1. The minimum Gasteiger partial charge on any atom is -0.497 e. The molecule has 0 aliphatic carbocycles. The molecule has 1 aliphatic heterocycles. The highest BCUT2D eigenvalue weighted by Crippen LogP contribution is 2.32. The molecule has 29 heavy (non-hydrogen) atoms. The number of hydrogen-bond acceptors (Lipinski definition) is 5. The number of amides is 3. The molecule has 1 fully saturated rings. The number of H-pyrrole nitrogens is 1. The number of aromatic amines is 1. The Labute approximate surface area is 165 Å². The normalized spacial score (nSPS) is 18.7. The maximum Gasteiger partial charge on any atom is 0.322 e. The third kappa shape index (κ3) is 3.31. The Morgan fingerprint density at radius 1 is 1.21 bits per heavy atom. The number of aromatic hydroxyl groups is 1.